The lowest BCUT2D eigenvalue weighted by Crippen LogP contribution is -2.14. The number of nitrogens with two attached hydrogens (primary N) is 1. The van der Waals surface area contributed by atoms with E-state index in [1.807, 2.05) is 0 Å². The number of alkyl halides is 3. The predicted octanol–water partition coefficient (Wildman–Crippen LogP) is 15.1. The van der Waals surface area contributed by atoms with Crippen molar-refractivity contribution in [2.24, 2.45) is 17.8 Å². The van der Waals surface area contributed by atoms with E-state index in [4.69, 9.17) is 76.9 Å². The van der Waals surface area contributed by atoms with E-state index in [1.165, 1.54) is 92.8 Å². The predicted molar refractivity (Wildman–Crippen MR) is 309 cm³/mol. The smallest absolute Gasteiger partial charge is 0.338 e. The molecule has 436 valence electrons. The molecule has 4 aromatic rings. The zero-order valence-corrected chi connectivity index (χ0v) is 48.6. The molecule has 78 heavy (non-hydrogen) atoms. The third-order valence-corrected chi connectivity index (χ3v) is 11.0. The lowest BCUT2D eigenvalue weighted by atomic mass is 10.0. The van der Waals surface area contributed by atoms with Gasteiger partial charge in [-0.2, -0.15) is 0 Å². The van der Waals surface area contributed by atoms with Crippen molar-refractivity contribution in [2.75, 3.05) is 32.2 Å². The number of rotatable bonds is 24. The summed E-state index contributed by atoms with van der Waals surface area (Å²) in [6.07, 6.45) is 13.6. The van der Waals surface area contributed by atoms with E-state index in [0.717, 1.165) is 57.1 Å². The highest BCUT2D eigenvalue weighted by molar-refractivity contribution is 6.67. The van der Waals surface area contributed by atoms with Crippen molar-refractivity contribution in [2.45, 2.75) is 130 Å². The molecule has 4 rings (SSSR count). The molecule has 23 heteroatoms. The Morgan fingerprint density at radius 2 is 0.846 bits per heavy atom. The number of carbonyl (C=O) groups is 4. The molecule has 0 bridgehead atoms. The number of nitrogens with zero attached hydrogens (tertiary/aromatic N) is 3. The summed E-state index contributed by atoms with van der Waals surface area (Å²) in [7, 11) is 0. The Hall–Kier alpha value is -5.96. The molecule has 0 fully saturated rings. The quantitative estimate of drug-likeness (QED) is 0.0127. The number of carboxylic acids is 1. The average molecular weight is 1180 g/mol. The van der Waals surface area contributed by atoms with Gasteiger partial charge in [-0.05, 0) is 91.9 Å². The highest BCUT2D eigenvalue weighted by Gasteiger charge is 2.16. The van der Waals surface area contributed by atoms with Crippen LogP contribution in [0.2, 0.25) is 0 Å². The van der Waals surface area contributed by atoms with Crippen molar-refractivity contribution < 1.29 is 58.7 Å². The summed E-state index contributed by atoms with van der Waals surface area (Å²) in [6, 6.07) is 22.7. The molecule has 0 saturated heterocycles. The first-order chi connectivity index (χ1) is 37.0. The van der Waals surface area contributed by atoms with Crippen LogP contribution in [0.3, 0.4) is 0 Å². The number of hydrogen-bond donors (Lipinski definition) is 4. The van der Waals surface area contributed by atoms with Gasteiger partial charge in [-0.15, -0.1) is 0 Å². The van der Waals surface area contributed by atoms with Gasteiger partial charge in [0.15, 0.2) is 4.30 Å². The molecule has 3 atom stereocenters. The van der Waals surface area contributed by atoms with Crippen molar-refractivity contribution >= 4 is 92.3 Å². The van der Waals surface area contributed by atoms with Gasteiger partial charge in [0.2, 0.25) is 0 Å². The molecule has 0 aromatic heterocycles. The van der Waals surface area contributed by atoms with E-state index in [2.05, 4.69) is 41.5 Å². The third-order valence-electron chi connectivity index (χ3n) is 10.8. The van der Waals surface area contributed by atoms with Gasteiger partial charge in [-0.3, -0.25) is 35.1 Å². The van der Waals surface area contributed by atoms with Crippen LogP contribution in [0.5, 0.6) is 0 Å². The number of aliphatic hydroxyl groups is 2. The highest BCUT2D eigenvalue weighted by Crippen LogP contribution is 2.19. The van der Waals surface area contributed by atoms with Crippen LogP contribution in [0.25, 0.3) is 0 Å². The van der Waals surface area contributed by atoms with Crippen molar-refractivity contribution in [1.29, 1.82) is 0 Å². The zero-order valence-electron chi connectivity index (χ0n) is 45.5. The van der Waals surface area contributed by atoms with Crippen LogP contribution in [-0.2, 0) is 9.47 Å². The van der Waals surface area contributed by atoms with Gasteiger partial charge in [0.05, 0.1) is 44.7 Å². The maximum Gasteiger partial charge on any atom is 0.338 e. The van der Waals surface area contributed by atoms with Gasteiger partial charge in [0.1, 0.15) is 0 Å². The van der Waals surface area contributed by atoms with Crippen LogP contribution in [0, 0.1) is 48.1 Å². The molecule has 3 unspecified atom stereocenters. The molecule has 4 aromatic carbocycles. The molecule has 0 radical (unpaired) electrons. The largest absolute Gasteiger partial charge is 0.478 e. The number of carboxylic acid groups (broad SMARTS) is 1. The number of aromatic carboxylic acids is 1. The maximum atomic E-state index is 11.9. The molecular weight excluding hydrogens is 1100 g/mol. The topological polar surface area (TPSA) is 303 Å². The van der Waals surface area contributed by atoms with Crippen LogP contribution >= 0.6 is 46.4 Å². The zero-order chi connectivity index (χ0) is 60.0. The normalized spacial score (nSPS) is 11.0. The van der Waals surface area contributed by atoms with Gasteiger partial charge in [-0.25, -0.2) is 14.4 Å². The third kappa shape index (κ3) is 39.4. The Morgan fingerprint density at radius 1 is 0.538 bits per heavy atom. The number of nitro benzene ring substituents is 3. The summed E-state index contributed by atoms with van der Waals surface area (Å²) >= 11 is 19.5. The number of hydrogen-bond acceptors (Lipinski definition) is 15. The number of ether oxygens (including phenoxy) is 2. The SMILES string of the molecule is CCCCC(CC)CO.CCCCC(CC)COC(=O)c1cccc(N)c1.CCCCC(CC)COC(=O)c1cccc([N+](=O)[O-])c1.CCO.ClC(Cl)Cl.O=C(Cl)c1cccc([N+](=O)[O-])c1.O=C(O)c1cccc([N+](=O)[O-])c1. The van der Waals surface area contributed by atoms with Crippen LogP contribution in [0.1, 0.15) is 167 Å². The minimum Gasteiger partial charge on any atom is -0.478 e. The molecule has 19 nitrogen and oxygen atoms in total. The number of non-ortho nitro benzene ring substituents is 3. The van der Waals surface area contributed by atoms with Crippen molar-refractivity contribution in [1.82, 2.24) is 0 Å². The van der Waals surface area contributed by atoms with Crippen molar-refractivity contribution in [3.05, 3.63) is 150 Å². The van der Waals surface area contributed by atoms with Crippen LogP contribution in [0.4, 0.5) is 22.7 Å². The summed E-state index contributed by atoms with van der Waals surface area (Å²) in [4.78, 5) is 73.9. The van der Waals surface area contributed by atoms with Gasteiger partial charge in [0, 0.05) is 60.9 Å². The fraction of sp³-hybridized carbons (Fsp3) is 0.491. The number of esters is 2. The summed E-state index contributed by atoms with van der Waals surface area (Å²) in [5.41, 5.74) is 6.58. The number of anilines is 1. The number of carbonyl (C=O) groups excluding carboxylic acids is 3. The van der Waals surface area contributed by atoms with E-state index >= 15 is 0 Å². The summed E-state index contributed by atoms with van der Waals surface area (Å²) < 4.78 is 9.84. The number of halogens is 4. The van der Waals surface area contributed by atoms with Crippen molar-refractivity contribution in [3.63, 3.8) is 0 Å². The maximum absolute atomic E-state index is 11.9. The first-order valence-corrected chi connectivity index (χ1v) is 27.2. The minimum atomic E-state index is -1.17. The fourth-order valence-electron chi connectivity index (χ4n) is 6.17. The van der Waals surface area contributed by atoms with Gasteiger partial charge < -0.3 is 30.5 Å². The Balaban J connectivity index is -0.000000894. The minimum absolute atomic E-state index is 0.0794. The van der Waals surface area contributed by atoms with Gasteiger partial charge >= 0.3 is 17.9 Å². The Kier molecular flexibility index (Phi) is 47.1. The monoisotopic (exact) mass is 1170 g/mol. The van der Waals surface area contributed by atoms with E-state index in [9.17, 15) is 49.5 Å². The van der Waals surface area contributed by atoms with E-state index in [1.54, 1.807) is 31.2 Å². The summed E-state index contributed by atoms with van der Waals surface area (Å²) in [5, 5.41) is 55.2. The molecule has 0 saturated carbocycles. The Morgan fingerprint density at radius 3 is 1.15 bits per heavy atom. The molecule has 0 aliphatic heterocycles. The van der Waals surface area contributed by atoms with Gasteiger partial charge in [-0.1, -0.05) is 158 Å². The lowest BCUT2D eigenvalue weighted by molar-refractivity contribution is -0.385. The second-order valence-electron chi connectivity index (χ2n) is 16.8. The molecule has 0 heterocycles. The fourth-order valence-corrected chi connectivity index (χ4v) is 6.29. The van der Waals surface area contributed by atoms with Crippen LogP contribution in [0.15, 0.2) is 97.1 Å². The molecule has 0 spiro atoms. The lowest BCUT2D eigenvalue weighted by Gasteiger charge is -2.14. The first kappa shape index (κ1) is 76.3. The van der Waals surface area contributed by atoms with E-state index in [-0.39, 0.29) is 46.3 Å². The first-order valence-electron chi connectivity index (χ1n) is 25.5. The number of aliphatic hydroxyl groups excluding tert-OH is 2. The van der Waals surface area contributed by atoms with E-state index < -0.39 is 36.2 Å². The number of benzene rings is 4. The van der Waals surface area contributed by atoms with Gasteiger partial charge in [0.25, 0.3) is 22.3 Å². The molecule has 0 amide bonds. The molecule has 0 aliphatic carbocycles. The van der Waals surface area contributed by atoms with Crippen LogP contribution < -0.4 is 5.73 Å². The van der Waals surface area contributed by atoms with Crippen LogP contribution in [-0.4, -0.2) is 84.0 Å². The second-order valence-corrected chi connectivity index (χ2v) is 19.1. The number of nitro groups is 3. The molecule has 5 N–H and O–H groups in total. The standard InChI is InChI=1S/C15H21NO4.C15H23NO2.C8H18O.C7H4ClNO3.C7H5NO4.C2H6O.CHCl3/c1-3-5-7-12(4-2)11-20-15(17)13-8-6-9-14(10-13)16(18)19;1-3-5-7-12(4-2)11-18-15(17)13-8-6-9-14(16)10-13;1-3-5-6-8(4-2)7-9;8-7(10)5-2-1-3-6(4-5)9(11)12;9-7(10)5-2-1-3-6(4-5)8(11)12;1-2-3;2-1(3)4/h6,8-10,12H,3-5,7,11H2,1-2H3;6,8-10,12H,3-5,7,11,16H2,1-2H3;8-9H,3-7H2,1-2H3;1-4H;1-4H,(H,9,10);3H,2H2,1H3;1H. The number of nitrogen functional groups attached to an aromatic ring is 1. The highest BCUT2D eigenvalue weighted by atomic mass is 35.6. The average Bonchev–Trinajstić information content (AvgIpc) is 3.42. The Bertz CT molecular complexity index is 2200. The molecule has 0 aliphatic rings. The van der Waals surface area contributed by atoms with E-state index in [0.29, 0.717) is 48.8 Å². The molecular formula is C55H78Cl4N4O15. The second kappa shape index (κ2) is 48.2. The summed E-state index contributed by atoms with van der Waals surface area (Å²) in [5.74, 6) is -0.558. The van der Waals surface area contributed by atoms with Crippen molar-refractivity contribution in [3.8, 4) is 0 Å². The number of unbranched alkanes of at least 4 members (excludes halogenated alkanes) is 3. The summed E-state index contributed by atoms with van der Waals surface area (Å²) in [6.45, 7) is 16.0. The Labute approximate surface area is 478 Å².